The van der Waals surface area contributed by atoms with E-state index in [0.717, 1.165) is 6.54 Å². The first-order valence-corrected chi connectivity index (χ1v) is 5.44. The minimum absolute atomic E-state index is 0.331. The number of rotatable bonds is 1. The first kappa shape index (κ1) is 8.77. The molecule has 1 fully saturated rings. The van der Waals surface area contributed by atoms with E-state index in [9.17, 15) is 5.11 Å². The Labute approximate surface area is 89.0 Å². The van der Waals surface area contributed by atoms with Gasteiger partial charge in [0.25, 0.3) is 0 Å². The largest absolute Gasteiger partial charge is 0.508 e. The molecule has 3 rings (SSSR count). The molecule has 3 nitrogen and oxygen atoms in total. The number of aromatic hydroxyl groups is 1. The number of benzene rings is 1. The maximum atomic E-state index is 9.24. The van der Waals surface area contributed by atoms with E-state index in [4.69, 9.17) is 0 Å². The molecule has 15 heavy (non-hydrogen) atoms. The molecule has 1 aromatic carbocycles. The second-order valence-corrected chi connectivity index (χ2v) is 4.25. The Hall–Kier alpha value is -1.51. The van der Waals surface area contributed by atoms with Gasteiger partial charge >= 0.3 is 0 Å². The number of phenolic OH excluding ortho intramolecular Hbond substituents is 1. The van der Waals surface area contributed by atoms with Crippen molar-refractivity contribution in [1.29, 1.82) is 0 Å². The molecular weight excluding hydrogens is 188 g/mol. The van der Waals surface area contributed by atoms with E-state index >= 15 is 0 Å². The Kier molecular flexibility index (Phi) is 1.91. The van der Waals surface area contributed by atoms with Crippen LogP contribution in [0, 0.1) is 0 Å². The highest BCUT2D eigenvalue weighted by Crippen LogP contribution is 2.34. The average molecular weight is 202 g/mol. The molecule has 0 spiro atoms. The van der Waals surface area contributed by atoms with E-state index in [0.29, 0.717) is 17.7 Å². The molecule has 1 N–H and O–H groups in total. The van der Waals surface area contributed by atoms with Crippen LogP contribution in [-0.4, -0.2) is 28.9 Å². The zero-order valence-electron chi connectivity index (χ0n) is 8.50. The zero-order chi connectivity index (χ0) is 10.3. The van der Waals surface area contributed by atoms with Crippen LogP contribution in [0.15, 0.2) is 29.4 Å². The van der Waals surface area contributed by atoms with E-state index in [1.54, 1.807) is 12.1 Å². The van der Waals surface area contributed by atoms with Crippen molar-refractivity contribution in [1.82, 2.24) is 5.01 Å². The molecule has 0 aromatic heterocycles. The second-order valence-electron chi connectivity index (χ2n) is 4.25. The van der Waals surface area contributed by atoms with Crippen LogP contribution >= 0.6 is 0 Å². The minimum atomic E-state index is 0.331. The molecule has 0 bridgehead atoms. The van der Waals surface area contributed by atoms with Crippen LogP contribution in [0.2, 0.25) is 0 Å². The molecular formula is C12H14N2O. The Morgan fingerprint density at radius 2 is 2.07 bits per heavy atom. The van der Waals surface area contributed by atoms with Gasteiger partial charge in [0.15, 0.2) is 0 Å². The Morgan fingerprint density at radius 3 is 2.87 bits per heavy atom. The summed E-state index contributed by atoms with van der Waals surface area (Å²) in [5.74, 6) is 0.741. The van der Waals surface area contributed by atoms with E-state index in [-0.39, 0.29) is 0 Å². The van der Waals surface area contributed by atoms with Crippen LogP contribution in [-0.2, 0) is 0 Å². The maximum absolute atomic E-state index is 9.24. The van der Waals surface area contributed by atoms with Gasteiger partial charge < -0.3 is 5.11 Å². The van der Waals surface area contributed by atoms with Gasteiger partial charge in [-0.2, -0.15) is 5.10 Å². The summed E-state index contributed by atoms with van der Waals surface area (Å²) in [6.45, 7) is 1.09. The lowest BCUT2D eigenvalue weighted by atomic mass is 9.92. The third-order valence-electron chi connectivity index (χ3n) is 3.34. The summed E-state index contributed by atoms with van der Waals surface area (Å²) >= 11 is 0. The number of hydrazone groups is 1. The third-order valence-corrected chi connectivity index (χ3v) is 3.34. The first-order valence-electron chi connectivity index (χ1n) is 5.44. The average Bonchev–Trinajstić information content (AvgIpc) is 2.80. The van der Waals surface area contributed by atoms with Gasteiger partial charge in [0.2, 0.25) is 0 Å². The lowest BCUT2D eigenvalue weighted by Gasteiger charge is -2.19. The second kappa shape index (κ2) is 3.26. The lowest BCUT2D eigenvalue weighted by Crippen LogP contribution is -2.24. The summed E-state index contributed by atoms with van der Waals surface area (Å²) in [6, 6.07) is 8.04. The summed E-state index contributed by atoms with van der Waals surface area (Å²) in [5, 5.41) is 15.9. The Morgan fingerprint density at radius 1 is 1.27 bits per heavy atom. The molecule has 2 aliphatic heterocycles. The van der Waals surface area contributed by atoms with E-state index < -0.39 is 0 Å². The van der Waals surface area contributed by atoms with Gasteiger partial charge in [-0.25, -0.2) is 0 Å². The molecule has 3 heteroatoms. The van der Waals surface area contributed by atoms with Crippen LogP contribution in [0.3, 0.4) is 0 Å². The van der Waals surface area contributed by atoms with Crippen LogP contribution < -0.4 is 0 Å². The number of hydrogen-bond donors (Lipinski definition) is 1. The molecule has 1 saturated heterocycles. The standard InChI is InChI=1S/C12H14N2O/c15-10-5-3-9(4-6-10)11-8-13-14-7-1-2-12(11)14/h3-6,8,11-12,15H,1-2,7H2. The quantitative estimate of drug-likeness (QED) is 0.755. The highest BCUT2D eigenvalue weighted by atomic mass is 16.3. The fourth-order valence-electron chi connectivity index (χ4n) is 2.55. The molecule has 0 saturated carbocycles. The Bertz CT molecular complexity index is 385. The summed E-state index contributed by atoms with van der Waals surface area (Å²) in [5.41, 5.74) is 1.26. The highest BCUT2D eigenvalue weighted by Gasteiger charge is 2.35. The predicted octanol–water partition coefficient (Wildman–Crippen LogP) is 1.94. The van der Waals surface area contributed by atoms with Crippen LogP contribution in [0.1, 0.15) is 24.3 Å². The predicted molar refractivity (Wildman–Crippen MR) is 59.1 cm³/mol. The molecule has 2 unspecified atom stereocenters. The monoisotopic (exact) mass is 202 g/mol. The fourth-order valence-corrected chi connectivity index (χ4v) is 2.55. The Balaban J connectivity index is 1.88. The van der Waals surface area contributed by atoms with E-state index in [1.165, 1.54) is 18.4 Å². The van der Waals surface area contributed by atoms with Crippen LogP contribution in [0.25, 0.3) is 0 Å². The molecule has 2 atom stereocenters. The molecule has 0 amide bonds. The summed E-state index contributed by atoms with van der Waals surface area (Å²) in [7, 11) is 0. The van der Waals surface area contributed by atoms with Crippen LogP contribution in [0.4, 0.5) is 0 Å². The number of phenols is 1. The molecule has 0 aliphatic carbocycles. The summed E-state index contributed by atoms with van der Waals surface area (Å²) in [6.07, 6.45) is 4.51. The highest BCUT2D eigenvalue weighted by molar-refractivity contribution is 5.71. The van der Waals surface area contributed by atoms with Crippen molar-refractivity contribution < 1.29 is 5.11 Å². The molecule has 78 valence electrons. The van der Waals surface area contributed by atoms with Gasteiger partial charge in [0, 0.05) is 18.7 Å². The maximum Gasteiger partial charge on any atom is 0.115 e. The van der Waals surface area contributed by atoms with Crippen molar-refractivity contribution in [3.63, 3.8) is 0 Å². The van der Waals surface area contributed by atoms with Crippen molar-refractivity contribution in [3.05, 3.63) is 29.8 Å². The van der Waals surface area contributed by atoms with E-state index in [1.807, 2.05) is 18.3 Å². The van der Waals surface area contributed by atoms with Gasteiger partial charge in [-0.15, -0.1) is 0 Å². The van der Waals surface area contributed by atoms with Gasteiger partial charge in [-0.1, -0.05) is 12.1 Å². The molecule has 0 radical (unpaired) electrons. The van der Waals surface area contributed by atoms with Crippen molar-refractivity contribution in [2.45, 2.75) is 24.8 Å². The van der Waals surface area contributed by atoms with Crippen LogP contribution in [0.5, 0.6) is 5.75 Å². The molecule has 2 aliphatic rings. The number of hydrogen-bond acceptors (Lipinski definition) is 3. The normalized spacial score (nSPS) is 28.4. The van der Waals surface area contributed by atoms with Crippen molar-refractivity contribution in [2.24, 2.45) is 5.10 Å². The lowest BCUT2D eigenvalue weighted by molar-refractivity contribution is 0.285. The topological polar surface area (TPSA) is 35.8 Å². The minimum Gasteiger partial charge on any atom is -0.508 e. The van der Waals surface area contributed by atoms with Gasteiger partial charge in [0.1, 0.15) is 5.75 Å². The molecule has 2 heterocycles. The first-order chi connectivity index (χ1) is 7.34. The number of nitrogens with zero attached hydrogens (tertiary/aromatic N) is 2. The van der Waals surface area contributed by atoms with E-state index in [2.05, 4.69) is 10.1 Å². The zero-order valence-corrected chi connectivity index (χ0v) is 8.50. The van der Waals surface area contributed by atoms with Crippen molar-refractivity contribution in [3.8, 4) is 5.75 Å². The van der Waals surface area contributed by atoms with Gasteiger partial charge in [0.05, 0.1) is 6.04 Å². The van der Waals surface area contributed by atoms with Gasteiger partial charge in [-0.05, 0) is 30.5 Å². The smallest absolute Gasteiger partial charge is 0.115 e. The van der Waals surface area contributed by atoms with Crippen molar-refractivity contribution in [2.75, 3.05) is 6.54 Å². The summed E-state index contributed by atoms with van der Waals surface area (Å²) < 4.78 is 0. The third kappa shape index (κ3) is 1.39. The summed E-state index contributed by atoms with van der Waals surface area (Å²) in [4.78, 5) is 0. The molecule has 1 aromatic rings. The SMILES string of the molecule is Oc1ccc(C2C=NN3CCCC23)cc1. The van der Waals surface area contributed by atoms with Gasteiger partial charge in [-0.3, -0.25) is 5.01 Å². The number of fused-ring (bicyclic) bond motifs is 1. The van der Waals surface area contributed by atoms with Crippen molar-refractivity contribution >= 4 is 6.21 Å². The fraction of sp³-hybridized carbons (Fsp3) is 0.417.